The molecule has 3 aromatic rings. The molecular formula is C22H24BrN3O3. The maximum atomic E-state index is 12.5. The zero-order chi connectivity index (χ0) is 20.2. The third-order valence-electron chi connectivity index (χ3n) is 5.02. The number of aromatic nitrogens is 2. The number of likely N-dealkylation sites (tertiary alicyclic amines) is 1. The summed E-state index contributed by atoms with van der Waals surface area (Å²) in [5.74, 6) is 1.89. The van der Waals surface area contributed by atoms with E-state index < -0.39 is 0 Å². The van der Waals surface area contributed by atoms with Gasteiger partial charge in [0.1, 0.15) is 5.82 Å². The first-order valence-electron chi connectivity index (χ1n) is 9.97. The molecule has 2 heterocycles. The van der Waals surface area contributed by atoms with Gasteiger partial charge in [0.05, 0.1) is 22.1 Å². The second kappa shape index (κ2) is 8.86. The molecule has 1 saturated heterocycles. The van der Waals surface area contributed by atoms with Gasteiger partial charge in [-0.25, -0.2) is 4.98 Å². The molecule has 0 spiro atoms. The van der Waals surface area contributed by atoms with Crippen molar-refractivity contribution in [1.29, 1.82) is 0 Å². The summed E-state index contributed by atoms with van der Waals surface area (Å²) < 4.78 is 12.4. The molecule has 7 heteroatoms. The molecule has 1 fully saturated rings. The number of halogens is 1. The van der Waals surface area contributed by atoms with Crippen LogP contribution in [0.2, 0.25) is 0 Å². The Morgan fingerprint density at radius 2 is 1.97 bits per heavy atom. The lowest BCUT2D eigenvalue weighted by Crippen LogP contribution is -2.38. The van der Waals surface area contributed by atoms with Crippen LogP contribution < -0.4 is 9.47 Å². The maximum absolute atomic E-state index is 12.5. The van der Waals surface area contributed by atoms with Gasteiger partial charge in [0, 0.05) is 18.7 Å². The van der Waals surface area contributed by atoms with Crippen LogP contribution in [0.4, 0.5) is 0 Å². The number of nitrogens with one attached hydrogen (secondary N) is 1. The monoisotopic (exact) mass is 457 g/mol. The highest BCUT2D eigenvalue weighted by Crippen LogP contribution is 2.39. The Morgan fingerprint density at radius 1 is 1.17 bits per heavy atom. The number of benzene rings is 2. The normalized spacial score (nSPS) is 14.2. The summed E-state index contributed by atoms with van der Waals surface area (Å²) in [6, 6.07) is 11.7. The van der Waals surface area contributed by atoms with Crippen LogP contribution >= 0.6 is 15.9 Å². The Balaban J connectivity index is 1.58. The number of para-hydroxylation sites is 2. The lowest BCUT2D eigenvalue weighted by molar-refractivity contribution is -0.134. The van der Waals surface area contributed by atoms with Gasteiger partial charge in [-0.2, -0.15) is 0 Å². The summed E-state index contributed by atoms with van der Waals surface area (Å²) in [4.78, 5) is 22.3. The molecule has 1 aromatic heterocycles. The highest BCUT2D eigenvalue weighted by atomic mass is 79.9. The number of imidazole rings is 1. The molecule has 1 amide bonds. The van der Waals surface area contributed by atoms with Crippen LogP contribution in [0.1, 0.15) is 26.2 Å². The van der Waals surface area contributed by atoms with E-state index in [4.69, 9.17) is 9.47 Å². The highest BCUT2D eigenvalue weighted by Gasteiger charge is 2.20. The minimum atomic E-state index is 0.00264. The molecule has 0 unspecified atom stereocenters. The average molecular weight is 458 g/mol. The Labute approximate surface area is 178 Å². The SMILES string of the molecule is CCOc1cc(-c2nc3ccccc3[nH]2)cc(Br)c1OCC(=O)N1CCCCC1. The van der Waals surface area contributed by atoms with Gasteiger partial charge < -0.3 is 19.4 Å². The minimum absolute atomic E-state index is 0.00264. The molecule has 0 atom stereocenters. The number of hydrogen-bond acceptors (Lipinski definition) is 4. The van der Waals surface area contributed by atoms with E-state index in [0.29, 0.717) is 18.1 Å². The van der Waals surface area contributed by atoms with Crippen LogP contribution in [0.3, 0.4) is 0 Å². The highest BCUT2D eigenvalue weighted by molar-refractivity contribution is 9.10. The van der Waals surface area contributed by atoms with E-state index in [1.807, 2.05) is 48.2 Å². The Hall–Kier alpha value is -2.54. The summed E-state index contributed by atoms with van der Waals surface area (Å²) >= 11 is 3.58. The summed E-state index contributed by atoms with van der Waals surface area (Å²) in [6.45, 7) is 4.04. The number of piperidine rings is 1. The summed E-state index contributed by atoms with van der Waals surface area (Å²) in [6.07, 6.45) is 3.31. The maximum Gasteiger partial charge on any atom is 0.260 e. The van der Waals surface area contributed by atoms with Gasteiger partial charge in [-0.05, 0) is 66.4 Å². The van der Waals surface area contributed by atoms with E-state index in [1.54, 1.807) is 0 Å². The zero-order valence-corrected chi connectivity index (χ0v) is 18.0. The van der Waals surface area contributed by atoms with Crippen molar-refractivity contribution in [3.05, 3.63) is 40.9 Å². The molecular weight excluding hydrogens is 434 g/mol. The third kappa shape index (κ3) is 4.40. The largest absolute Gasteiger partial charge is 0.490 e. The van der Waals surface area contributed by atoms with Crippen LogP contribution in [0.5, 0.6) is 11.5 Å². The third-order valence-corrected chi connectivity index (χ3v) is 5.61. The van der Waals surface area contributed by atoms with Crippen LogP contribution in [-0.4, -0.2) is 47.1 Å². The summed E-state index contributed by atoms with van der Waals surface area (Å²) in [7, 11) is 0. The van der Waals surface area contributed by atoms with Crippen molar-refractivity contribution in [2.24, 2.45) is 0 Å². The van der Waals surface area contributed by atoms with E-state index in [1.165, 1.54) is 6.42 Å². The fraction of sp³-hybridized carbons (Fsp3) is 0.364. The minimum Gasteiger partial charge on any atom is -0.490 e. The fourth-order valence-electron chi connectivity index (χ4n) is 3.57. The number of aromatic amines is 1. The van der Waals surface area contributed by atoms with E-state index in [-0.39, 0.29) is 12.5 Å². The van der Waals surface area contributed by atoms with E-state index in [2.05, 4.69) is 25.9 Å². The number of fused-ring (bicyclic) bond motifs is 1. The first kappa shape index (κ1) is 19.8. The summed E-state index contributed by atoms with van der Waals surface area (Å²) in [5, 5.41) is 0. The number of carbonyl (C=O) groups excluding carboxylic acids is 1. The average Bonchev–Trinajstić information content (AvgIpc) is 3.18. The lowest BCUT2D eigenvalue weighted by Gasteiger charge is -2.26. The predicted molar refractivity (Wildman–Crippen MR) is 116 cm³/mol. The van der Waals surface area contributed by atoms with Gasteiger partial charge in [0.25, 0.3) is 5.91 Å². The van der Waals surface area contributed by atoms with Crippen molar-refractivity contribution in [2.75, 3.05) is 26.3 Å². The van der Waals surface area contributed by atoms with E-state index in [0.717, 1.165) is 52.8 Å². The van der Waals surface area contributed by atoms with Gasteiger partial charge in [-0.1, -0.05) is 12.1 Å². The standard InChI is InChI=1S/C22H24BrN3O3/c1-2-28-19-13-15(22-24-17-8-4-5-9-18(17)25-22)12-16(23)21(19)29-14-20(27)26-10-6-3-7-11-26/h4-5,8-9,12-13H,2-3,6-7,10-11,14H2,1H3,(H,24,25). The molecule has 0 bridgehead atoms. The molecule has 6 nitrogen and oxygen atoms in total. The van der Waals surface area contributed by atoms with Crippen molar-refractivity contribution in [1.82, 2.24) is 14.9 Å². The topological polar surface area (TPSA) is 67.5 Å². The number of ether oxygens (including phenoxy) is 2. The van der Waals surface area contributed by atoms with Crippen molar-refractivity contribution >= 4 is 32.9 Å². The van der Waals surface area contributed by atoms with Crippen molar-refractivity contribution in [3.8, 4) is 22.9 Å². The van der Waals surface area contributed by atoms with Gasteiger partial charge in [-0.3, -0.25) is 4.79 Å². The van der Waals surface area contributed by atoms with E-state index >= 15 is 0 Å². The first-order chi connectivity index (χ1) is 14.2. The second-order valence-corrected chi connectivity index (χ2v) is 7.91. The quantitative estimate of drug-likeness (QED) is 0.577. The smallest absolute Gasteiger partial charge is 0.260 e. The molecule has 1 aliphatic rings. The van der Waals surface area contributed by atoms with Gasteiger partial charge >= 0.3 is 0 Å². The van der Waals surface area contributed by atoms with Gasteiger partial charge in [0.15, 0.2) is 18.1 Å². The van der Waals surface area contributed by atoms with Gasteiger partial charge in [0.2, 0.25) is 0 Å². The molecule has 1 N–H and O–H groups in total. The van der Waals surface area contributed by atoms with Crippen molar-refractivity contribution in [2.45, 2.75) is 26.2 Å². The number of amides is 1. The number of carbonyl (C=O) groups is 1. The number of nitrogens with zero attached hydrogens (tertiary/aromatic N) is 2. The second-order valence-electron chi connectivity index (χ2n) is 7.05. The Bertz CT molecular complexity index is 979. The molecule has 0 radical (unpaired) electrons. The van der Waals surface area contributed by atoms with Crippen LogP contribution in [0, 0.1) is 0 Å². The number of H-pyrrole nitrogens is 1. The molecule has 0 saturated carbocycles. The Morgan fingerprint density at radius 3 is 2.72 bits per heavy atom. The molecule has 2 aromatic carbocycles. The molecule has 152 valence electrons. The Kier molecular flexibility index (Phi) is 6.04. The molecule has 29 heavy (non-hydrogen) atoms. The molecule has 0 aliphatic carbocycles. The number of hydrogen-bond donors (Lipinski definition) is 1. The van der Waals surface area contributed by atoms with E-state index in [9.17, 15) is 4.79 Å². The summed E-state index contributed by atoms with van der Waals surface area (Å²) in [5.41, 5.74) is 2.76. The number of rotatable bonds is 6. The van der Waals surface area contributed by atoms with Crippen molar-refractivity contribution in [3.63, 3.8) is 0 Å². The molecule has 1 aliphatic heterocycles. The first-order valence-corrected chi connectivity index (χ1v) is 10.8. The van der Waals surface area contributed by atoms with Gasteiger partial charge in [-0.15, -0.1) is 0 Å². The zero-order valence-electron chi connectivity index (χ0n) is 16.4. The lowest BCUT2D eigenvalue weighted by atomic mass is 10.1. The fourth-order valence-corrected chi connectivity index (χ4v) is 4.12. The van der Waals surface area contributed by atoms with Crippen LogP contribution in [0.15, 0.2) is 40.9 Å². The van der Waals surface area contributed by atoms with Crippen LogP contribution in [0.25, 0.3) is 22.4 Å². The predicted octanol–water partition coefficient (Wildman–Crippen LogP) is 4.78. The van der Waals surface area contributed by atoms with Crippen molar-refractivity contribution < 1.29 is 14.3 Å². The van der Waals surface area contributed by atoms with Crippen LogP contribution in [-0.2, 0) is 4.79 Å². The molecule has 4 rings (SSSR count).